The molecule has 6 rings (SSSR count). The molecular weight excluding hydrogens is 407 g/mol. The van der Waals surface area contributed by atoms with E-state index in [4.69, 9.17) is 10.7 Å². The molecular formula is C23H15FN8. The second kappa shape index (κ2) is 6.95. The van der Waals surface area contributed by atoms with E-state index < -0.39 is 0 Å². The van der Waals surface area contributed by atoms with E-state index >= 15 is 0 Å². The van der Waals surface area contributed by atoms with Crippen LogP contribution in [0.5, 0.6) is 0 Å². The van der Waals surface area contributed by atoms with Gasteiger partial charge in [0, 0.05) is 41.5 Å². The van der Waals surface area contributed by atoms with Crippen molar-refractivity contribution in [1.82, 2.24) is 35.1 Å². The molecule has 9 heteroatoms. The van der Waals surface area contributed by atoms with Crippen LogP contribution in [0.15, 0.2) is 67.3 Å². The van der Waals surface area contributed by atoms with Crippen LogP contribution in [0.3, 0.4) is 0 Å². The molecule has 32 heavy (non-hydrogen) atoms. The number of rotatable bonds is 3. The standard InChI is InChI=1S/C23H15FN8/c24-15-3-1-2-12(6-15)17-4-5-27-22-19(17)29-23(30-22)20-18-8-14(10-28-21(18)32-31-20)13-7-16(25)11-26-9-13/h1-11H,25H2,(H,27,29,30)(H,28,31,32). The Hall–Kier alpha value is -4.66. The molecule has 0 bridgehead atoms. The number of hydrogen-bond donors (Lipinski definition) is 3. The van der Waals surface area contributed by atoms with E-state index in [1.807, 2.05) is 24.3 Å². The number of nitrogens with two attached hydrogens (primary N) is 1. The smallest absolute Gasteiger partial charge is 0.161 e. The Kier molecular flexibility index (Phi) is 3.94. The highest BCUT2D eigenvalue weighted by Gasteiger charge is 2.17. The number of anilines is 1. The zero-order valence-electron chi connectivity index (χ0n) is 16.5. The van der Waals surface area contributed by atoms with Gasteiger partial charge in [0.15, 0.2) is 17.1 Å². The number of pyridine rings is 3. The van der Waals surface area contributed by atoms with E-state index in [1.165, 1.54) is 12.1 Å². The van der Waals surface area contributed by atoms with E-state index in [0.717, 1.165) is 27.6 Å². The Morgan fingerprint density at radius 3 is 2.66 bits per heavy atom. The lowest BCUT2D eigenvalue weighted by atomic mass is 10.1. The Morgan fingerprint density at radius 2 is 1.78 bits per heavy atom. The average Bonchev–Trinajstić information content (AvgIpc) is 3.42. The van der Waals surface area contributed by atoms with Crippen molar-refractivity contribution in [2.75, 3.05) is 5.73 Å². The normalized spacial score (nSPS) is 11.4. The molecule has 0 radical (unpaired) electrons. The number of hydrogen-bond acceptors (Lipinski definition) is 6. The third kappa shape index (κ3) is 2.95. The molecule has 154 valence electrons. The first kappa shape index (κ1) is 18.1. The van der Waals surface area contributed by atoms with Gasteiger partial charge in [-0.3, -0.25) is 10.1 Å². The number of aromatic amines is 2. The molecule has 0 amide bonds. The summed E-state index contributed by atoms with van der Waals surface area (Å²) < 4.78 is 13.8. The number of halogens is 1. The monoisotopic (exact) mass is 422 g/mol. The largest absolute Gasteiger partial charge is 0.397 e. The summed E-state index contributed by atoms with van der Waals surface area (Å²) in [7, 11) is 0. The predicted molar refractivity (Wildman–Crippen MR) is 120 cm³/mol. The Labute approximate surface area is 180 Å². The molecule has 0 saturated heterocycles. The van der Waals surface area contributed by atoms with Crippen LogP contribution < -0.4 is 5.73 Å². The summed E-state index contributed by atoms with van der Waals surface area (Å²) in [4.78, 5) is 21.0. The highest BCUT2D eigenvalue weighted by atomic mass is 19.1. The van der Waals surface area contributed by atoms with E-state index in [-0.39, 0.29) is 5.82 Å². The predicted octanol–water partition coefficient (Wildman–Crippen LogP) is 4.35. The maximum atomic E-state index is 13.8. The first-order valence-electron chi connectivity index (χ1n) is 9.82. The SMILES string of the molecule is Nc1cncc(-c2cnc3[nH]nc(-c4nc5c(-c6cccc(F)c6)ccnc5[nH]4)c3c2)c1. The second-order valence-corrected chi connectivity index (χ2v) is 7.35. The van der Waals surface area contributed by atoms with Gasteiger partial charge < -0.3 is 10.7 Å². The molecule has 0 aliphatic heterocycles. The van der Waals surface area contributed by atoms with Gasteiger partial charge in [-0.1, -0.05) is 12.1 Å². The van der Waals surface area contributed by atoms with Gasteiger partial charge in [-0.05, 0) is 35.9 Å². The number of benzene rings is 1. The lowest BCUT2D eigenvalue weighted by Gasteiger charge is -2.02. The summed E-state index contributed by atoms with van der Waals surface area (Å²) in [5.74, 6) is 0.225. The quantitative estimate of drug-likeness (QED) is 0.390. The van der Waals surface area contributed by atoms with Crippen molar-refractivity contribution in [2.45, 2.75) is 0 Å². The van der Waals surface area contributed by atoms with Crippen molar-refractivity contribution in [3.8, 4) is 33.8 Å². The molecule has 0 atom stereocenters. The van der Waals surface area contributed by atoms with Gasteiger partial charge in [0.05, 0.1) is 11.1 Å². The van der Waals surface area contributed by atoms with Crippen LogP contribution in [0, 0.1) is 5.82 Å². The van der Waals surface area contributed by atoms with Gasteiger partial charge in [0.2, 0.25) is 0 Å². The van der Waals surface area contributed by atoms with Crippen molar-refractivity contribution in [2.24, 2.45) is 0 Å². The molecule has 0 fully saturated rings. The number of fused-ring (bicyclic) bond motifs is 2. The average molecular weight is 422 g/mol. The molecule has 6 aromatic rings. The van der Waals surface area contributed by atoms with Gasteiger partial charge >= 0.3 is 0 Å². The van der Waals surface area contributed by atoms with E-state index in [9.17, 15) is 4.39 Å². The van der Waals surface area contributed by atoms with Gasteiger partial charge in [-0.15, -0.1) is 0 Å². The van der Waals surface area contributed by atoms with Crippen LogP contribution in [-0.4, -0.2) is 35.1 Å². The Bertz CT molecular complexity index is 1620. The third-order valence-corrected chi connectivity index (χ3v) is 5.25. The summed E-state index contributed by atoms with van der Waals surface area (Å²) in [6.45, 7) is 0. The topological polar surface area (TPSA) is 122 Å². The minimum atomic E-state index is -0.309. The molecule has 4 N–H and O–H groups in total. The lowest BCUT2D eigenvalue weighted by molar-refractivity contribution is 0.628. The van der Waals surface area contributed by atoms with E-state index in [2.05, 4.69) is 30.1 Å². The third-order valence-electron chi connectivity index (χ3n) is 5.25. The maximum Gasteiger partial charge on any atom is 0.161 e. The van der Waals surface area contributed by atoms with Crippen LogP contribution in [0.1, 0.15) is 0 Å². The highest BCUT2D eigenvalue weighted by molar-refractivity contribution is 5.96. The van der Waals surface area contributed by atoms with Crippen LogP contribution in [0.4, 0.5) is 10.1 Å². The number of nitrogens with zero attached hydrogens (tertiary/aromatic N) is 5. The van der Waals surface area contributed by atoms with Crippen molar-refractivity contribution < 1.29 is 4.39 Å². The van der Waals surface area contributed by atoms with Crippen molar-refractivity contribution in [3.05, 3.63) is 73.1 Å². The molecule has 0 unspecified atom stereocenters. The zero-order chi connectivity index (χ0) is 21.7. The van der Waals surface area contributed by atoms with Crippen molar-refractivity contribution in [1.29, 1.82) is 0 Å². The highest BCUT2D eigenvalue weighted by Crippen LogP contribution is 2.32. The van der Waals surface area contributed by atoms with Crippen LogP contribution in [0.2, 0.25) is 0 Å². The molecule has 5 aromatic heterocycles. The fourth-order valence-electron chi connectivity index (χ4n) is 3.77. The number of H-pyrrole nitrogens is 2. The van der Waals surface area contributed by atoms with Crippen LogP contribution >= 0.6 is 0 Å². The summed E-state index contributed by atoms with van der Waals surface area (Å²) in [6, 6.07) is 12.0. The molecule has 1 aromatic carbocycles. The number of imidazole rings is 1. The Morgan fingerprint density at radius 1 is 0.875 bits per heavy atom. The second-order valence-electron chi connectivity index (χ2n) is 7.35. The van der Waals surface area contributed by atoms with Crippen molar-refractivity contribution >= 4 is 27.9 Å². The number of nitrogens with one attached hydrogen (secondary N) is 2. The maximum absolute atomic E-state index is 13.8. The summed E-state index contributed by atoms with van der Waals surface area (Å²) >= 11 is 0. The minimum absolute atomic E-state index is 0.309. The lowest BCUT2D eigenvalue weighted by Crippen LogP contribution is -1.89. The zero-order valence-corrected chi connectivity index (χ0v) is 16.5. The molecule has 5 heterocycles. The van der Waals surface area contributed by atoms with Crippen LogP contribution in [-0.2, 0) is 0 Å². The summed E-state index contributed by atoms with van der Waals surface area (Å²) in [6.07, 6.45) is 6.73. The molecule has 0 aliphatic carbocycles. The van der Waals surface area contributed by atoms with Gasteiger partial charge in [-0.2, -0.15) is 5.10 Å². The summed E-state index contributed by atoms with van der Waals surface area (Å²) in [5.41, 5.74) is 12.1. The van der Waals surface area contributed by atoms with Crippen LogP contribution in [0.25, 0.3) is 56.0 Å². The molecule has 0 spiro atoms. The fraction of sp³-hybridized carbons (Fsp3) is 0. The minimum Gasteiger partial charge on any atom is -0.397 e. The fourth-order valence-corrected chi connectivity index (χ4v) is 3.77. The first-order chi connectivity index (χ1) is 15.7. The van der Waals surface area contributed by atoms with Crippen molar-refractivity contribution in [3.63, 3.8) is 0 Å². The first-order valence-corrected chi connectivity index (χ1v) is 9.82. The van der Waals surface area contributed by atoms with E-state index in [1.54, 1.807) is 30.9 Å². The van der Waals surface area contributed by atoms with E-state index in [0.29, 0.717) is 34.0 Å². The summed E-state index contributed by atoms with van der Waals surface area (Å²) in [5, 5.41) is 8.15. The van der Waals surface area contributed by atoms with Gasteiger partial charge in [-0.25, -0.2) is 19.3 Å². The molecule has 0 aliphatic rings. The molecule has 8 nitrogen and oxygen atoms in total. The number of aromatic nitrogens is 7. The van der Waals surface area contributed by atoms with Gasteiger partial charge in [0.25, 0.3) is 0 Å². The van der Waals surface area contributed by atoms with Gasteiger partial charge in [0.1, 0.15) is 17.0 Å². The Balaban J connectivity index is 1.51. The number of nitrogen functional groups attached to an aromatic ring is 1. The molecule has 0 saturated carbocycles.